The molecule has 0 spiro atoms. The van der Waals surface area contributed by atoms with Crippen molar-refractivity contribution in [2.75, 3.05) is 14.1 Å². The zero-order valence-corrected chi connectivity index (χ0v) is 9.33. The second-order valence-electron chi connectivity index (χ2n) is 3.15. The molecule has 0 saturated heterocycles. The van der Waals surface area contributed by atoms with Crippen molar-refractivity contribution in [1.82, 2.24) is 14.1 Å². The lowest BCUT2D eigenvalue weighted by Gasteiger charge is -2.11. The quantitative estimate of drug-likeness (QED) is 0.740. The van der Waals surface area contributed by atoms with E-state index in [1.165, 1.54) is 21.1 Å². The van der Waals surface area contributed by atoms with Crippen LogP contribution in [0.1, 0.15) is 5.69 Å². The summed E-state index contributed by atoms with van der Waals surface area (Å²) in [7, 11) is 0.642. The van der Waals surface area contributed by atoms with Crippen molar-refractivity contribution in [3.63, 3.8) is 0 Å². The van der Waals surface area contributed by atoms with Gasteiger partial charge in [0.15, 0.2) is 5.75 Å². The topological polar surface area (TPSA) is 75.4 Å². The maximum atomic E-state index is 11.7. The summed E-state index contributed by atoms with van der Waals surface area (Å²) in [6.45, 7) is 1.55. The predicted octanol–water partition coefficient (Wildman–Crippen LogP) is -0.316. The summed E-state index contributed by atoms with van der Waals surface area (Å²) in [6, 6.07) is 0. The summed E-state index contributed by atoms with van der Waals surface area (Å²) in [5.74, 6) is -0.291. The van der Waals surface area contributed by atoms with Crippen LogP contribution in [0.2, 0.25) is 0 Å². The van der Waals surface area contributed by atoms with Crippen molar-refractivity contribution in [3.05, 3.63) is 5.69 Å². The van der Waals surface area contributed by atoms with E-state index < -0.39 is 10.0 Å². The van der Waals surface area contributed by atoms with Gasteiger partial charge in [0, 0.05) is 21.1 Å². The first-order valence-corrected chi connectivity index (χ1v) is 5.37. The Morgan fingerprint density at radius 3 is 2.21 bits per heavy atom. The van der Waals surface area contributed by atoms with Crippen molar-refractivity contribution in [3.8, 4) is 5.75 Å². The maximum absolute atomic E-state index is 11.7. The molecule has 0 aliphatic carbocycles. The minimum atomic E-state index is -3.63. The Kier molecular flexibility index (Phi) is 2.55. The Balaban J connectivity index is 3.48. The van der Waals surface area contributed by atoms with Crippen molar-refractivity contribution >= 4 is 10.0 Å². The third kappa shape index (κ3) is 1.48. The summed E-state index contributed by atoms with van der Waals surface area (Å²) in [4.78, 5) is 0. The van der Waals surface area contributed by atoms with Gasteiger partial charge in [-0.25, -0.2) is 12.7 Å². The van der Waals surface area contributed by atoms with E-state index in [2.05, 4.69) is 5.10 Å². The summed E-state index contributed by atoms with van der Waals surface area (Å²) < 4.78 is 25.6. The Hall–Kier alpha value is -1.08. The van der Waals surface area contributed by atoms with Gasteiger partial charge in [0.1, 0.15) is 5.69 Å². The van der Waals surface area contributed by atoms with Crippen molar-refractivity contribution in [1.29, 1.82) is 0 Å². The van der Waals surface area contributed by atoms with Gasteiger partial charge in [0.05, 0.1) is 0 Å². The van der Waals surface area contributed by atoms with E-state index in [1.54, 1.807) is 6.92 Å². The van der Waals surface area contributed by atoms with Crippen molar-refractivity contribution < 1.29 is 13.5 Å². The van der Waals surface area contributed by atoms with E-state index in [4.69, 9.17) is 0 Å². The standard InChI is InChI=1S/C7H13N3O3S/c1-5-6(11)7(10(4)8-5)14(12,13)9(2)3/h11H,1-4H3. The number of sulfonamides is 1. The molecule has 0 unspecified atom stereocenters. The van der Waals surface area contributed by atoms with E-state index >= 15 is 0 Å². The number of aryl methyl sites for hydroxylation is 2. The van der Waals surface area contributed by atoms with Gasteiger partial charge in [-0.2, -0.15) is 5.10 Å². The zero-order chi connectivity index (χ0) is 11.1. The number of aromatic hydroxyl groups is 1. The molecule has 0 atom stereocenters. The molecule has 0 saturated carbocycles. The minimum Gasteiger partial charge on any atom is -0.503 e. The maximum Gasteiger partial charge on any atom is 0.263 e. The molecule has 0 fully saturated rings. The van der Waals surface area contributed by atoms with Gasteiger partial charge >= 0.3 is 0 Å². The first-order valence-electron chi connectivity index (χ1n) is 3.93. The van der Waals surface area contributed by atoms with Crippen LogP contribution in [0.25, 0.3) is 0 Å². The molecule has 6 nitrogen and oxygen atoms in total. The van der Waals surface area contributed by atoms with Crippen LogP contribution in [0, 0.1) is 6.92 Å². The predicted molar refractivity (Wildman–Crippen MR) is 50.5 cm³/mol. The molecule has 0 aliphatic rings. The minimum absolute atomic E-state index is 0.181. The lowest BCUT2D eigenvalue weighted by Crippen LogP contribution is -2.24. The number of nitrogens with zero attached hydrogens (tertiary/aromatic N) is 3. The van der Waals surface area contributed by atoms with Crippen LogP contribution in [-0.4, -0.2) is 41.7 Å². The van der Waals surface area contributed by atoms with Crippen LogP contribution in [0.3, 0.4) is 0 Å². The van der Waals surface area contributed by atoms with Crippen LogP contribution in [0.4, 0.5) is 0 Å². The molecule has 14 heavy (non-hydrogen) atoms. The van der Waals surface area contributed by atoms with Gasteiger partial charge in [0.25, 0.3) is 10.0 Å². The fourth-order valence-electron chi connectivity index (χ4n) is 1.09. The van der Waals surface area contributed by atoms with Crippen LogP contribution in [0.5, 0.6) is 5.75 Å². The van der Waals surface area contributed by atoms with E-state index in [0.717, 1.165) is 8.99 Å². The molecule has 1 rings (SSSR count). The molecule has 1 heterocycles. The highest BCUT2D eigenvalue weighted by Gasteiger charge is 2.27. The molecule has 0 amide bonds. The van der Waals surface area contributed by atoms with E-state index in [-0.39, 0.29) is 10.8 Å². The second kappa shape index (κ2) is 3.25. The van der Waals surface area contributed by atoms with Gasteiger partial charge in [-0.1, -0.05) is 0 Å². The highest BCUT2D eigenvalue weighted by molar-refractivity contribution is 7.89. The Morgan fingerprint density at radius 1 is 1.43 bits per heavy atom. The molecular weight excluding hydrogens is 206 g/mol. The molecule has 0 aliphatic heterocycles. The summed E-state index contributed by atoms with van der Waals surface area (Å²) in [6.07, 6.45) is 0. The van der Waals surface area contributed by atoms with Crippen molar-refractivity contribution in [2.24, 2.45) is 7.05 Å². The zero-order valence-electron chi connectivity index (χ0n) is 8.51. The number of hydrogen-bond acceptors (Lipinski definition) is 4. The van der Waals surface area contributed by atoms with Gasteiger partial charge in [0.2, 0.25) is 5.03 Å². The monoisotopic (exact) mass is 219 g/mol. The normalized spacial score (nSPS) is 12.4. The summed E-state index contributed by atoms with van der Waals surface area (Å²) >= 11 is 0. The average Bonchev–Trinajstić information content (AvgIpc) is 2.26. The molecule has 1 aromatic heterocycles. The van der Waals surface area contributed by atoms with Crippen LogP contribution in [-0.2, 0) is 17.1 Å². The van der Waals surface area contributed by atoms with Gasteiger partial charge in [-0.05, 0) is 6.92 Å². The van der Waals surface area contributed by atoms with E-state index in [0.29, 0.717) is 5.69 Å². The number of aromatic nitrogens is 2. The molecule has 7 heteroatoms. The van der Waals surface area contributed by atoms with E-state index in [9.17, 15) is 13.5 Å². The lowest BCUT2D eigenvalue weighted by molar-refractivity contribution is 0.440. The fraction of sp³-hybridized carbons (Fsp3) is 0.571. The lowest BCUT2D eigenvalue weighted by atomic mass is 10.5. The van der Waals surface area contributed by atoms with Crippen LogP contribution >= 0.6 is 0 Å². The first kappa shape index (κ1) is 11.0. The Labute approximate surface area is 82.8 Å². The van der Waals surface area contributed by atoms with Gasteiger partial charge < -0.3 is 5.11 Å². The average molecular weight is 219 g/mol. The summed E-state index contributed by atoms with van der Waals surface area (Å²) in [5.41, 5.74) is 0.299. The smallest absolute Gasteiger partial charge is 0.263 e. The Bertz CT molecular complexity index is 447. The van der Waals surface area contributed by atoms with Crippen LogP contribution in [0.15, 0.2) is 5.03 Å². The third-order valence-electron chi connectivity index (χ3n) is 1.86. The van der Waals surface area contributed by atoms with Gasteiger partial charge in [-0.3, -0.25) is 4.68 Å². The largest absolute Gasteiger partial charge is 0.503 e. The van der Waals surface area contributed by atoms with Gasteiger partial charge in [-0.15, -0.1) is 0 Å². The number of rotatable bonds is 2. The van der Waals surface area contributed by atoms with Crippen LogP contribution < -0.4 is 0 Å². The highest BCUT2D eigenvalue weighted by Crippen LogP contribution is 2.26. The molecule has 0 bridgehead atoms. The molecular formula is C7H13N3O3S. The van der Waals surface area contributed by atoms with E-state index in [1.807, 2.05) is 0 Å². The molecule has 1 N–H and O–H groups in total. The molecule has 1 aromatic rings. The third-order valence-corrected chi connectivity index (χ3v) is 3.77. The SMILES string of the molecule is Cc1nn(C)c(S(=O)(=O)N(C)C)c1O. The second-order valence-corrected chi connectivity index (χ2v) is 5.22. The molecule has 0 radical (unpaired) electrons. The molecule has 0 aromatic carbocycles. The first-order chi connectivity index (χ1) is 6.28. The van der Waals surface area contributed by atoms with Crippen molar-refractivity contribution in [2.45, 2.75) is 11.9 Å². The number of hydrogen-bond donors (Lipinski definition) is 1. The summed E-state index contributed by atoms with van der Waals surface area (Å²) in [5, 5.41) is 13.2. The fourth-order valence-corrected chi connectivity index (χ4v) is 2.20. The highest BCUT2D eigenvalue weighted by atomic mass is 32.2. The Morgan fingerprint density at radius 2 is 1.93 bits per heavy atom. The molecule has 80 valence electrons.